The van der Waals surface area contributed by atoms with Crippen molar-refractivity contribution in [3.63, 3.8) is 0 Å². The molecule has 1 unspecified atom stereocenters. The zero-order valence-corrected chi connectivity index (χ0v) is 18.8. The second kappa shape index (κ2) is 7.53. The van der Waals surface area contributed by atoms with Gasteiger partial charge in [-0.1, -0.05) is 18.2 Å². The first-order chi connectivity index (χ1) is 14.9. The number of allylic oxidation sites excluding steroid dienone is 1. The number of hydrogen-bond acceptors (Lipinski definition) is 5. The van der Waals surface area contributed by atoms with E-state index in [4.69, 9.17) is 9.47 Å². The van der Waals surface area contributed by atoms with Crippen LogP contribution in [0.1, 0.15) is 24.0 Å². The van der Waals surface area contributed by atoms with Crippen LogP contribution < -0.4 is 0 Å². The smallest absolute Gasteiger partial charge is 0.335 e. The van der Waals surface area contributed by atoms with E-state index in [9.17, 15) is 4.79 Å². The van der Waals surface area contributed by atoms with Crippen LogP contribution >= 0.6 is 0 Å². The number of carbonyl (C=O) groups excluding carboxylic acids is 1. The van der Waals surface area contributed by atoms with Gasteiger partial charge in [0.15, 0.2) is 0 Å². The number of likely N-dealkylation sites (N-methyl/N-ethyl adjacent to an activating group) is 1. The van der Waals surface area contributed by atoms with Crippen LogP contribution in [0.25, 0.3) is 10.9 Å². The highest BCUT2D eigenvalue weighted by molar-refractivity contribution is 5.90. The molecule has 31 heavy (non-hydrogen) atoms. The van der Waals surface area contributed by atoms with E-state index in [-0.39, 0.29) is 17.9 Å². The third-order valence-corrected chi connectivity index (χ3v) is 7.29. The van der Waals surface area contributed by atoms with Gasteiger partial charge in [0.2, 0.25) is 0 Å². The lowest BCUT2D eigenvalue weighted by Gasteiger charge is -2.53. The number of rotatable bonds is 4. The van der Waals surface area contributed by atoms with Gasteiger partial charge >= 0.3 is 5.97 Å². The molecular formula is C25H31N3O3. The number of aromatic nitrogens is 1. The van der Waals surface area contributed by atoms with Crippen LogP contribution in [-0.4, -0.2) is 60.7 Å². The Bertz CT molecular complexity index is 1090. The van der Waals surface area contributed by atoms with Crippen molar-refractivity contribution in [2.24, 2.45) is 13.0 Å². The summed E-state index contributed by atoms with van der Waals surface area (Å²) in [6, 6.07) is 6.80. The minimum Gasteiger partial charge on any atom is -0.462 e. The van der Waals surface area contributed by atoms with Crippen molar-refractivity contribution in [1.29, 1.82) is 0 Å². The largest absolute Gasteiger partial charge is 0.462 e. The number of ether oxygens (including phenoxy) is 2. The van der Waals surface area contributed by atoms with Crippen LogP contribution in [-0.2, 0) is 33.3 Å². The zero-order valence-electron chi connectivity index (χ0n) is 18.8. The average Bonchev–Trinajstić information content (AvgIpc) is 3.09. The Morgan fingerprint density at radius 1 is 1.26 bits per heavy atom. The number of esters is 1. The van der Waals surface area contributed by atoms with E-state index >= 15 is 0 Å². The molecule has 0 spiro atoms. The Morgan fingerprint density at radius 2 is 2.10 bits per heavy atom. The van der Waals surface area contributed by atoms with Crippen molar-refractivity contribution in [2.45, 2.75) is 30.9 Å². The molecule has 1 aromatic heterocycles. The van der Waals surface area contributed by atoms with Gasteiger partial charge in [-0.05, 0) is 43.3 Å². The normalized spacial score (nSPS) is 27.9. The van der Waals surface area contributed by atoms with E-state index in [1.54, 1.807) is 0 Å². The minimum absolute atomic E-state index is 0.211. The Hall–Kier alpha value is -2.57. The molecule has 3 atom stereocenters. The quantitative estimate of drug-likeness (QED) is 0.710. The molecule has 0 amide bonds. The molecule has 0 radical (unpaired) electrons. The molecule has 2 aliphatic heterocycles. The van der Waals surface area contributed by atoms with Gasteiger partial charge < -0.3 is 18.9 Å². The van der Waals surface area contributed by atoms with Gasteiger partial charge in [-0.2, -0.15) is 0 Å². The molecular weight excluding hydrogens is 390 g/mol. The summed E-state index contributed by atoms with van der Waals surface area (Å²) in [6.45, 7) is 1.30. The van der Waals surface area contributed by atoms with E-state index in [1.165, 1.54) is 22.0 Å². The Morgan fingerprint density at radius 3 is 2.87 bits per heavy atom. The third kappa shape index (κ3) is 3.20. The topological polar surface area (TPSA) is 46.9 Å². The van der Waals surface area contributed by atoms with E-state index < -0.39 is 5.60 Å². The van der Waals surface area contributed by atoms with Crippen molar-refractivity contribution in [1.82, 2.24) is 14.4 Å². The molecule has 1 aliphatic carbocycles. The average molecular weight is 422 g/mol. The Balaban J connectivity index is 1.41. The lowest BCUT2D eigenvalue weighted by Crippen LogP contribution is -2.60. The maximum Gasteiger partial charge on any atom is 0.335 e. The molecule has 0 N–H and O–H groups in total. The molecule has 164 valence electrons. The molecule has 0 bridgehead atoms. The minimum atomic E-state index is -0.398. The highest BCUT2D eigenvalue weighted by Crippen LogP contribution is 2.49. The molecule has 6 heteroatoms. The van der Waals surface area contributed by atoms with Crippen molar-refractivity contribution >= 4 is 16.9 Å². The maximum absolute atomic E-state index is 12.6. The number of aryl methyl sites for hydroxylation is 1. The first-order valence-electron chi connectivity index (χ1n) is 11.0. The van der Waals surface area contributed by atoms with Gasteiger partial charge in [0, 0.05) is 69.4 Å². The van der Waals surface area contributed by atoms with Crippen molar-refractivity contribution in [3.05, 3.63) is 59.6 Å². The van der Waals surface area contributed by atoms with Crippen molar-refractivity contribution in [2.75, 3.05) is 34.4 Å². The van der Waals surface area contributed by atoms with Crippen LogP contribution in [0, 0.1) is 5.92 Å². The summed E-state index contributed by atoms with van der Waals surface area (Å²) < 4.78 is 14.4. The molecule has 3 aliphatic rings. The molecule has 0 saturated carbocycles. The maximum atomic E-state index is 12.6. The second-order valence-corrected chi connectivity index (χ2v) is 9.30. The zero-order chi connectivity index (χ0) is 21.8. The van der Waals surface area contributed by atoms with Gasteiger partial charge in [-0.3, -0.25) is 4.90 Å². The van der Waals surface area contributed by atoms with E-state index in [1.807, 2.05) is 37.5 Å². The van der Waals surface area contributed by atoms with Crippen LogP contribution in [0.3, 0.4) is 0 Å². The lowest BCUT2D eigenvalue weighted by atomic mass is 9.69. The molecule has 3 heterocycles. The number of methoxy groups -OCH3 is 1. The predicted molar refractivity (Wildman–Crippen MR) is 120 cm³/mol. The first-order valence-corrected chi connectivity index (χ1v) is 11.0. The molecule has 6 nitrogen and oxygen atoms in total. The summed E-state index contributed by atoms with van der Waals surface area (Å²) in [7, 11) is 8.03. The van der Waals surface area contributed by atoms with Crippen LogP contribution in [0.4, 0.5) is 0 Å². The number of nitrogens with zero attached hydrogens (tertiary/aromatic N) is 3. The van der Waals surface area contributed by atoms with Gasteiger partial charge in [-0.15, -0.1) is 0 Å². The van der Waals surface area contributed by atoms with Crippen molar-refractivity contribution < 1.29 is 14.3 Å². The van der Waals surface area contributed by atoms with Gasteiger partial charge in [0.05, 0.1) is 12.2 Å². The van der Waals surface area contributed by atoms with E-state index in [0.717, 1.165) is 19.4 Å². The third-order valence-electron chi connectivity index (χ3n) is 7.29. The molecule has 1 saturated heterocycles. The summed E-state index contributed by atoms with van der Waals surface area (Å²) in [6.07, 6.45) is 10.5. The summed E-state index contributed by atoms with van der Waals surface area (Å²) in [5, 5.41) is 1.33. The number of hydrogen-bond donors (Lipinski definition) is 0. The highest BCUT2D eigenvalue weighted by atomic mass is 16.5. The van der Waals surface area contributed by atoms with Gasteiger partial charge in [0.25, 0.3) is 0 Å². The van der Waals surface area contributed by atoms with Crippen molar-refractivity contribution in [3.8, 4) is 0 Å². The summed E-state index contributed by atoms with van der Waals surface area (Å²) >= 11 is 0. The Kier molecular flexibility index (Phi) is 4.94. The fourth-order valence-electron chi connectivity index (χ4n) is 5.94. The molecule has 1 fully saturated rings. The number of fused-ring (bicyclic) bond motifs is 2. The molecule has 2 aromatic rings. The predicted octanol–water partition coefficient (Wildman–Crippen LogP) is 3.17. The molecule has 5 rings (SSSR count). The number of likely N-dealkylation sites (tertiary alicyclic amines) is 1. The second-order valence-electron chi connectivity index (χ2n) is 9.30. The van der Waals surface area contributed by atoms with E-state index in [2.05, 4.69) is 48.0 Å². The van der Waals surface area contributed by atoms with Gasteiger partial charge in [-0.25, -0.2) is 4.79 Å². The molecule has 1 aromatic carbocycles. The van der Waals surface area contributed by atoms with Crippen LogP contribution in [0.2, 0.25) is 0 Å². The van der Waals surface area contributed by atoms with Gasteiger partial charge in [0.1, 0.15) is 5.60 Å². The number of carbonyl (C=O) groups is 1. The van der Waals surface area contributed by atoms with Crippen LogP contribution in [0.5, 0.6) is 0 Å². The monoisotopic (exact) mass is 421 g/mol. The highest BCUT2D eigenvalue weighted by Gasteiger charge is 2.51. The number of benzene rings is 1. The SMILES string of the molecule is CO[C@]12CC(COC(=O)C3=CN(C)C=CC3)CN(C)[C@@H]1Cc1cn(C)c3cccc2c13. The van der Waals surface area contributed by atoms with Crippen LogP contribution in [0.15, 0.2) is 48.4 Å². The lowest BCUT2D eigenvalue weighted by molar-refractivity contribution is -0.150. The summed E-state index contributed by atoms with van der Waals surface area (Å²) in [5.41, 5.74) is 4.21. The standard InChI is InChI=1S/C25H31N3O3/c1-26-10-6-7-18(14-26)24(29)31-16-17-12-25(30-4)20-8-5-9-21-23(20)19(15-27(21)2)11-22(25)28(3)13-17/h5-6,8-10,14-15,17,22H,7,11-13,16H2,1-4H3/t17?,22-,25+/m1/s1. The number of piperidine rings is 1. The summed E-state index contributed by atoms with van der Waals surface area (Å²) in [5.74, 6) is -0.00772. The Labute approximate surface area is 183 Å². The summed E-state index contributed by atoms with van der Waals surface area (Å²) in [4.78, 5) is 16.9. The first kappa shape index (κ1) is 20.3. The fraction of sp³-hybridized carbons (Fsp3) is 0.480. The fourth-order valence-corrected chi connectivity index (χ4v) is 5.94. The van der Waals surface area contributed by atoms with E-state index in [0.29, 0.717) is 18.6 Å².